The maximum Gasteiger partial charge on any atom is 0.153 e. The molecule has 0 saturated heterocycles. The maximum atomic E-state index is 5.31. The fourth-order valence-electron chi connectivity index (χ4n) is 1.88. The molecular weight excluding hydrogens is 296 g/mol. The minimum absolute atomic E-state index is 0.261. The molecule has 1 aromatic rings. The van der Waals surface area contributed by atoms with Crippen LogP contribution in [0.3, 0.4) is 0 Å². The van der Waals surface area contributed by atoms with Crippen LogP contribution in [0.25, 0.3) is 0 Å². The number of halogens is 1. The highest BCUT2D eigenvalue weighted by atomic mass is 79.9. The normalized spacial score (nSPS) is 14.7. The summed E-state index contributed by atoms with van der Waals surface area (Å²) in [7, 11) is 3.67. The summed E-state index contributed by atoms with van der Waals surface area (Å²) in [6, 6.07) is 0.261. The zero-order chi connectivity index (χ0) is 13.5. The molecule has 1 N–H and O–H groups in total. The van der Waals surface area contributed by atoms with Crippen molar-refractivity contribution in [3.63, 3.8) is 0 Å². The van der Waals surface area contributed by atoms with Gasteiger partial charge in [0.1, 0.15) is 0 Å². The van der Waals surface area contributed by atoms with Gasteiger partial charge in [-0.25, -0.2) is 4.68 Å². The predicted molar refractivity (Wildman–Crippen MR) is 75.4 cm³/mol. The summed E-state index contributed by atoms with van der Waals surface area (Å²) in [6.07, 6.45) is 3.40. The molecule has 1 heterocycles. The molecule has 0 fully saturated rings. The first kappa shape index (κ1) is 15.6. The lowest BCUT2D eigenvalue weighted by molar-refractivity contribution is 0.105. The van der Waals surface area contributed by atoms with E-state index in [4.69, 9.17) is 4.74 Å². The van der Waals surface area contributed by atoms with Gasteiger partial charge in [0.05, 0.1) is 17.8 Å². The van der Waals surface area contributed by atoms with Crippen LogP contribution in [0.5, 0.6) is 0 Å². The van der Waals surface area contributed by atoms with Crippen LogP contribution >= 0.6 is 15.9 Å². The van der Waals surface area contributed by atoms with Crippen molar-refractivity contribution in [2.75, 3.05) is 13.7 Å². The average Bonchev–Trinajstić information content (AvgIpc) is 2.69. The molecule has 0 aromatic carbocycles. The molecule has 0 radical (unpaired) electrons. The first-order valence-corrected chi connectivity index (χ1v) is 7.20. The molecule has 104 valence electrons. The number of aryl methyl sites for hydroxylation is 1. The number of aromatic nitrogens is 3. The Morgan fingerprint density at radius 1 is 1.44 bits per heavy atom. The molecule has 2 atom stereocenters. The first-order chi connectivity index (χ1) is 8.60. The average molecular weight is 319 g/mol. The van der Waals surface area contributed by atoms with Crippen LogP contribution in [0.15, 0.2) is 4.60 Å². The van der Waals surface area contributed by atoms with Gasteiger partial charge in [-0.3, -0.25) is 0 Å². The van der Waals surface area contributed by atoms with E-state index in [0.717, 1.165) is 36.1 Å². The smallest absolute Gasteiger partial charge is 0.153 e. The van der Waals surface area contributed by atoms with Crippen LogP contribution in [0.1, 0.15) is 44.8 Å². The Bertz CT molecular complexity index is 336. The van der Waals surface area contributed by atoms with Crippen molar-refractivity contribution in [1.82, 2.24) is 20.3 Å². The van der Waals surface area contributed by atoms with Crippen LogP contribution < -0.4 is 5.32 Å². The van der Waals surface area contributed by atoms with Crippen molar-refractivity contribution in [2.45, 2.75) is 45.3 Å². The van der Waals surface area contributed by atoms with Crippen LogP contribution in [-0.4, -0.2) is 34.8 Å². The van der Waals surface area contributed by atoms with Gasteiger partial charge in [0.15, 0.2) is 4.60 Å². The number of rotatable bonds is 8. The molecule has 0 aliphatic rings. The fraction of sp³-hybridized carbons (Fsp3) is 0.833. The maximum absolute atomic E-state index is 5.31. The van der Waals surface area contributed by atoms with Gasteiger partial charge in [-0.1, -0.05) is 12.1 Å². The molecule has 0 spiro atoms. The van der Waals surface area contributed by atoms with Gasteiger partial charge < -0.3 is 10.1 Å². The summed E-state index contributed by atoms with van der Waals surface area (Å²) in [6.45, 7) is 5.25. The first-order valence-electron chi connectivity index (χ1n) is 6.41. The molecule has 0 amide bonds. The summed E-state index contributed by atoms with van der Waals surface area (Å²) >= 11 is 3.47. The highest BCUT2D eigenvalue weighted by Crippen LogP contribution is 2.25. The molecule has 5 nitrogen and oxygen atoms in total. The standard InChI is InChI=1S/C12H23BrN4O/c1-5-8-14-10(7-6-9(2)18-4)11-12(13)15-16-17(11)3/h9-10,14H,5-8H2,1-4H3. The Labute approximate surface area is 117 Å². The molecule has 0 aliphatic heterocycles. The van der Waals surface area contributed by atoms with Crippen molar-refractivity contribution in [2.24, 2.45) is 7.05 Å². The van der Waals surface area contributed by atoms with Crippen LogP contribution in [0.4, 0.5) is 0 Å². The zero-order valence-corrected chi connectivity index (χ0v) is 13.2. The highest BCUT2D eigenvalue weighted by molar-refractivity contribution is 9.10. The van der Waals surface area contributed by atoms with E-state index in [1.54, 1.807) is 7.11 Å². The zero-order valence-electron chi connectivity index (χ0n) is 11.6. The van der Waals surface area contributed by atoms with E-state index >= 15 is 0 Å². The van der Waals surface area contributed by atoms with Gasteiger partial charge in [-0.2, -0.15) is 0 Å². The third kappa shape index (κ3) is 4.33. The van der Waals surface area contributed by atoms with E-state index in [-0.39, 0.29) is 12.1 Å². The number of nitrogens with one attached hydrogen (secondary N) is 1. The largest absolute Gasteiger partial charge is 0.382 e. The number of ether oxygens (including phenoxy) is 1. The summed E-state index contributed by atoms with van der Waals surface area (Å²) in [5.74, 6) is 0. The van der Waals surface area contributed by atoms with Gasteiger partial charge in [-0.15, -0.1) is 5.10 Å². The highest BCUT2D eigenvalue weighted by Gasteiger charge is 2.20. The lowest BCUT2D eigenvalue weighted by Crippen LogP contribution is -2.25. The number of hydrogen-bond donors (Lipinski definition) is 1. The lowest BCUT2D eigenvalue weighted by Gasteiger charge is -2.20. The summed E-state index contributed by atoms with van der Waals surface area (Å²) in [5.41, 5.74) is 1.10. The number of nitrogens with zero attached hydrogens (tertiary/aromatic N) is 3. The SMILES string of the molecule is CCCNC(CCC(C)OC)c1c(Br)nnn1C. The molecule has 1 rings (SSSR count). The lowest BCUT2D eigenvalue weighted by atomic mass is 10.1. The summed E-state index contributed by atoms with van der Waals surface area (Å²) in [4.78, 5) is 0. The van der Waals surface area contributed by atoms with Gasteiger partial charge in [0.25, 0.3) is 0 Å². The third-order valence-electron chi connectivity index (χ3n) is 3.06. The molecule has 0 bridgehead atoms. The van der Waals surface area contributed by atoms with E-state index < -0.39 is 0 Å². The second kappa shape index (κ2) is 7.86. The van der Waals surface area contributed by atoms with E-state index in [2.05, 4.69) is 45.4 Å². The quantitative estimate of drug-likeness (QED) is 0.799. The van der Waals surface area contributed by atoms with Gasteiger partial charge in [-0.05, 0) is 48.7 Å². The van der Waals surface area contributed by atoms with Crippen molar-refractivity contribution in [3.05, 3.63) is 10.3 Å². The molecular formula is C12H23BrN4O. The monoisotopic (exact) mass is 318 g/mol. The molecule has 0 aliphatic carbocycles. The van der Waals surface area contributed by atoms with E-state index in [9.17, 15) is 0 Å². The molecule has 18 heavy (non-hydrogen) atoms. The Balaban J connectivity index is 2.71. The summed E-state index contributed by atoms with van der Waals surface area (Å²) < 4.78 is 7.96. The second-order valence-corrected chi connectivity index (χ2v) is 5.27. The van der Waals surface area contributed by atoms with Crippen molar-refractivity contribution in [3.8, 4) is 0 Å². The Hall–Kier alpha value is -0.460. The number of methoxy groups -OCH3 is 1. The minimum Gasteiger partial charge on any atom is -0.382 e. The van der Waals surface area contributed by atoms with Crippen LogP contribution in [0, 0.1) is 0 Å². The van der Waals surface area contributed by atoms with Gasteiger partial charge >= 0.3 is 0 Å². The van der Waals surface area contributed by atoms with Crippen LogP contribution in [0.2, 0.25) is 0 Å². The van der Waals surface area contributed by atoms with Crippen molar-refractivity contribution >= 4 is 15.9 Å². The molecule has 1 aromatic heterocycles. The molecule has 2 unspecified atom stereocenters. The Kier molecular flexibility index (Phi) is 6.81. The topological polar surface area (TPSA) is 52.0 Å². The van der Waals surface area contributed by atoms with Crippen molar-refractivity contribution < 1.29 is 4.74 Å². The van der Waals surface area contributed by atoms with E-state index in [1.807, 2.05) is 11.7 Å². The summed E-state index contributed by atoms with van der Waals surface area (Å²) in [5, 5.41) is 11.6. The Morgan fingerprint density at radius 2 is 2.17 bits per heavy atom. The molecule has 6 heteroatoms. The van der Waals surface area contributed by atoms with E-state index in [0.29, 0.717) is 0 Å². The fourth-order valence-corrected chi connectivity index (χ4v) is 2.49. The van der Waals surface area contributed by atoms with E-state index in [1.165, 1.54) is 0 Å². The Morgan fingerprint density at radius 3 is 2.67 bits per heavy atom. The molecule has 0 saturated carbocycles. The van der Waals surface area contributed by atoms with Crippen LogP contribution in [-0.2, 0) is 11.8 Å². The third-order valence-corrected chi connectivity index (χ3v) is 3.63. The van der Waals surface area contributed by atoms with Gasteiger partial charge in [0.2, 0.25) is 0 Å². The predicted octanol–water partition coefficient (Wildman–Crippen LogP) is 2.43. The number of hydrogen-bond acceptors (Lipinski definition) is 4. The van der Waals surface area contributed by atoms with Gasteiger partial charge in [0, 0.05) is 14.2 Å². The minimum atomic E-state index is 0.261. The second-order valence-electron chi connectivity index (χ2n) is 4.52. The van der Waals surface area contributed by atoms with Crippen molar-refractivity contribution in [1.29, 1.82) is 0 Å².